The summed E-state index contributed by atoms with van der Waals surface area (Å²) >= 11 is 7.44. The van der Waals surface area contributed by atoms with Crippen molar-refractivity contribution in [2.75, 3.05) is 7.11 Å². The van der Waals surface area contributed by atoms with Gasteiger partial charge in [0.15, 0.2) is 5.75 Å². The van der Waals surface area contributed by atoms with Crippen LogP contribution in [0.5, 0.6) is 17.2 Å². The third-order valence-corrected chi connectivity index (χ3v) is 6.14. The van der Waals surface area contributed by atoms with E-state index in [0.29, 0.717) is 22.1 Å². The number of methoxy groups -OCH3 is 1. The SMILES string of the molecule is C/C=C/c1ccc(Oc2c(C(=O)c3ccc(F)cc3Cl)sc3cc(OC)ccc23)cc1. The van der Waals surface area contributed by atoms with Crippen molar-refractivity contribution in [1.29, 1.82) is 0 Å². The lowest BCUT2D eigenvalue weighted by Gasteiger charge is -2.09. The number of allylic oxidation sites excluding steroid dienone is 1. The van der Waals surface area contributed by atoms with Gasteiger partial charge in [-0.3, -0.25) is 4.79 Å². The maximum atomic E-state index is 13.5. The van der Waals surface area contributed by atoms with Crippen LogP contribution in [-0.2, 0) is 0 Å². The quantitative estimate of drug-likeness (QED) is 0.280. The van der Waals surface area contributed by atoms with Crippen molar-refractivity contribution in [3.8, 4) is 17.2 Å². The van der Waals surface area contributed by atoms with Crippen molar-refractivity contribution < 1.29 is 18.7 Å². The average molecular weight is 453 g/mol. The van der Waals surface area contributed by atoms with Gasteiger partial charge in [0.25, 0.3) is 0 Å². The molecule has 0 aliphatic carbocycles. The number of carbonyl (C=O) groups is 1. The smallest absolute Gasteiger partial charge is 0.208 e. The van der Waals surface area contributed by atoms with E-state index >= 15 is 0 Å². The molecule has 4 rings (SSSR count). The summed E-state index contributed by atoms with van der Waals surface area (Å²) in [7, 11) is 1.59. The summed E-state index contributed by atoms with van der Waals surface area (Å²) < 4.78 is 25.8. The van der Waals surface area contributed by atoms with Gasteiger partial charge in [-0.25, -0.2) is 4.39 Å². The number of ketones is 1. The van der Waals surface area contributed by atoms with E-state index < -0.39 is 5.82 Å². The van der Waals surface area contributed by atoms with E-state index in [1.165, 1.54) is 23.5 Å². The van der Waals surface area contributed by atoms with Gasteiger partial charge in [0.1, 0.15) is 22.2 Å². The summed E-state index contributed by atoms with van der Waals surface area (Å²) in [6.07, 6.45) is 3.94. The first-order valence-electron chi connectivity index (χ1n) is 9.51. The number of fused-ring (bicyclic) bond motifs is 1. The Morgan fingerprint density at radius 3 is 2.45 bits per heavy atom. The van der Waals surface area contributed by atoms with Gasteiger partial charge in [-0.1, -0.05) is 35.9 Å². The highest BCUT2D eigenvalue weighted by Gasteiger charge is 2.24. The Morgan fingerprint density at radius 2 is 1.77 bits per heavy atom. The maximum Gasteiger partial charge on any atom is 0.208 e. The van der Waals surface area contributed by atoms with Crippen LogP contribution in [-0.4, -0.2) is 12.9 Å². The second kappa shape index (κ2) is 8.92. The van der Waals surface area contributed by atoms with Crippen LogP contribution in [0.15, 0.2) is 66.7 Å². The third kappa shape index (κ3) is 4.33. The summed E-state index contributed by atoms with van der Waals surface area (Å²) in [5, 5.41) is 0.839. The molecule has 0 saturated heterocycles. The molecule has 0 saturated carbocycles. The number of rotatable bonds is 6. The van der Waals surface area contributed by atoms with Crippen molar-refractivity contribution in [3.63, 3.8) is 0 Å². The molecular weight excluding hydrogens is 435 g/mol. The van der Waals surface area contributed by atoms with Crippen molar-refractivity contribution in [1.82, 2.24) is 0 Å². The Kier molecular flexibility index (Phi) is 6.07. The molecule has 0 aliphatic heterocycles. The monoisotopic (exact) mass is 452 g/mol. The highest BCUT2D eigenvalue weighted by atomic mass is 35.5. The Bertz CT molecular complexity index is 1290. The number of ether oxygens (including phenoxy) is 2. The molecular formula is C25H18ClFO3S. The highest BCUT2D eigenvalue weighted by molar-refractivity contribution is 7.21. The minimum atomic E-state index is -0.500. The minimum Gasteiger partial charge on any atom is -0.497 e. The molecule has 0 N–H and O–H groups in total. The van der Waals surface area contributed by atoms with Crippen LogP contribution in [0.2, 0.25) is 5.02 Å². The van der Waals surface area contributed by atoms with Crippen molar-refractivity contribution in [3.05, 3.63) is 93.6 Å². The van der Waals surface area contributed by atoms with E-state index in [-0.39, 0.29) is 16.4 Å². The van der Waals surface area contributed by atoms with E-state index in [9.17, 15) is 9.18 Å². The molecule has 156 valence electrons. The van der Waals surface area contributed by atoms with Crippen molar-refractivity contribution in [2.24, 2.45) is 0 Å². The summed E-state index contributed by atoms with van der Waals surface area (Å²) in [6, 6.07) is 16.8. The van der Waals surface area contributed by atoms with E-state index in [4.69, 9.17) is 21.1 Å². The van der Waals surface area contributed by atoms with Crippen LogP contribution in [0, 0.1) is 5.82 Å². The number of hydrogen-bond donors (Lipinski definition) is 0. The van der Waals surface area contributed by atoms with Crippen molar-refractivity contribution >= 4 is 44.9 Å². The van der Waals surface area contributed by atoms with Gasteiger partial charge in [0, 0.05) is 15.6 Å². The fraction of sp³-hybridized carbons (Fsp3) is 0.0800. The third-order valence-electron chi connectivity index (χ3n) is 4.69. The first kappa shape index (κ1) is 21.1. The zero-order valence-corrected chi connectivity index (χ0v) is 18.4. The molecule has 1 aromatic heterocycles. The number of thiophene rings is 1. The molecule has 0 atom stereocenters. The molecule has 6 heteroatoms. The van der Waals surface area contributed by atoms with E-state index in [1.54, 1.807) is 7.11 Å². The average Bonchev–Trinajstić information content (AvgIpc) is 3.12. The lowest BCUT2D eigenvalue weighted by Crippen LogP contribution is -2.02. The summed E-state index contributed by atoms with van der Waals surface area (Å²) in [6.45, 7) is 1.95. The number of halogens is 2. The van der Waals surface area contributed by atoms with E-state index in [2.05, 4.69) is 0 Å². The highest BCUT2D eigenvalue weighted by Crippen LogP contribution is 2.43. The minimum absolute atomic E-state index is 0.0571. The molecule has 1 heterocycles. The van der Waals surface area contributed by atoms with Crippen LogP contribution in [0.4, 0.5) is 4.39 Å². The first-order chi connectivity index (χ1) is 15.0. The number of hydrogen-bond acceptors (Lipinski definition) is 4. The Labute approximate surface area is 188 Å². The molecule has 0 bridgehead atoms. The predicted molar refractivity (Wildman–Crippen MR) is 124 cm³/mol. The molecule has 0 unspecified atom stereocenters. The Balaban J connectivity index is 1.82. The molecule has 0 radical (unpaired) electrons. The molecule has 0 aliphatic rings. The lowest BCUT2D eigenvalue weighted by atomic mass is 10.1. The van der Waals surface area contributed by atoms with Gasteiger partial charge in [0.2, 0.25) is 5.78 Å². The molecule has 0 fully saturated rings. The van der Waals surface area contributed by atoms with Crippen LogP contribution < -0.4 is 9.47 Å². The van der Waals surface area contributed by atoms with Gasteiger partial charge >= 0.3 is 0 Å². The fourth-order valence-corrected chi connectivity index (χ4v) is 4.55. The number of benzene rings is 3. The normalized spacial score (nSPS) is 11.2. The zero-order chi connectivity index (χ0) is 22.0. The maximum absolute atomic E-state index is 13.5. The fourth-order valence-electron chi connectivity index (χ4n) is 3.18. The predicted octanol–water partition coefficient (Wildman–Crippen LogP) is 7.76. The molecule has 4 aromatic rings. The molecule has 31 heavy (non-hydrogen) atoms. The van der Waals surface area contributed by atoms with Crippen LogP contribution >= 0.6 is 22.9 Å². The molecule has 3 aromatic carbocycles. The van der Waals surface area contributed by atoms with E-state index in [0.717, 1.165) is 21.7 Å². The van der Waals surface area contributed by atoms with E-state index in [1.807, 2.05) is 61.5 Å². The summed E-state index contributed by atoms with van der Waals surface area (Å²) in [4.78, 5) is 13.7. The first-order valence-corrected chi connectivity index (χ1v) is 10.7. The zero-order valence-electron chi connectivity index (χ0n) is 16.8. The molecule has 0 spiro atoms. The summed E-state index contributed by atoms with van der Waals surface area (Å²) in [5.41, 5.74) is 1.26. The standard InChI is InChI=1S/C25H18ClFO3S/c1-3-4-15-5-8-17(9-6-15)30-24-20-12-10-18(29-2)14-22(20)31-25(24)23(28)19-11-7-16(27)13-21(19)26/h3-14H,1-2H3/b4-3+. The van der Waals surface area contributed by atoms with Gasteiger partial charge in [-0.05, 0) is 61.0 Å². The van der Waals surface area contributed by atoms with Crippen molar-refractivity contribution in [2.45, 2.75) is 6.92 Å². The Hall–Kier alpha value is -3.15. The van der Waals surface area contributed by atoms with Gasteiger partial charge in [0.05, 0.1) is 12.1 Å². The largest absolute Gasteiger partial charge is 0.497 e. The lowest BCUT2D eigenvalue weighted by molar-refractivity contribution is 0.104. The number of carbonyl (C=O) groups excluding carboxylic acids is 1. The van der Waals surface area contributed by atoms with Crippen LogP contribution in [0.25, 0.3) is 16.2 Å². The van der Waals surface area contributed by atoms with Crippen LogP contribution in [0.3, 0.4) is 0 Å². The second-order valence-electron chi connectivity index (χ2n) is 6.75. The van der Waals surface area contributed by atoms with Gasteiger partial charge < -0.3 is 9.47 Å². The van der Waals surface area contributed by atoms with Crippen LogP contribution in [0.1, 0.15) is 27.7 Å². The summed E-state index contributed by atoms with van der Waals surface area (Å²) in [5.74, 6) is 0.885. The van der Waals surface area contributed by atoms with Gasteiger partial charge in [-0.15, -0.1) is 11.3 Å². The molecule has 0 amide bonds. The van der Waals surface area contributed by atoms with Gasteiger partial charge in [-0.2, -0.15) is 0 Å². The second-order valence-corrected chi connectivity index (χ2v) is 8.21. The molecule has 3 nitrogen and oxygen atoms in total. The topological polar surface area (TPSA) is 35.5 Å². The Morgan fingerprint density at radius 1 is 1.03 bits per heavy atom.